The monoisotopic (exact) mass is 220 g/mol. The molecule has 0 fully saturated rings. The quantitative estimate of drug-likeness (QED) is 0.604. The summed E-state index contributed by atoms with van der Waals surface area (Å²) in [6.07, 6.45) is 2.47. The lowest BCUT2D eigenvalue weighted by molar-refractivity contribution is 0.657. The molecule has 4 N–H and O–H groups in total. The van der Waals surface area contributed by atoms with Crippen LogP contribution < -0.4 is 11.5 Å². The predicted molar refractivity (Wildman–Crippen MR) is 65.5 cm³/mol. The Morgan fingerprint density at radius 1 is 1.47 bits per heavy atom. The second-order valence-electron chi connectivity index (χ2n) is 3.40. The van der Waals surface area contributed by atoms with E-state index in [1.165, 1.54) is 0 Å². The van der Waals surface area contributed by atoms with Crippen molar-refractivity contribution >= 4 is 33.8 Å². The van der Waals surface area contributed by atoms with Crippen LogP contribution in [0.15, 0.2) is 24.4 Å². The van der Waals surface area contributed by atoms with Gasteiger partial charge in [0.1, 0.15) is 0 Å². The standard InChI is InChI=1S/C10H12N4S/c11-8-2-1-7-6-13-14(9(7)5-8)4-3-10(12)15/h1-2,5-6H,3-4,11H2,(H2,12,15). The van der Waals surface area contributed by atoms with Gasteiger partial charge in [0.15, 0.2) is 0 Å². The van der Waals surface area contributed by atoms with Crippen molar-refractivity contribution in [3.8, 4) is 0 Å². The molecule has 0 atom stereocenters. The van der Waals surface area contributed by atoms with Crippen molar-refractivity contribution in [1.29, 1.82) is 0 Å². The van der Waals surface area contributed by atoms with Gasteiger partial charge < -0.3 is 11.5 Å². The molecule has 1 heterocycles. The molecule has 0 aliphatic carbocycles. The number of hydrogen-bond donors (Lipinski definition) is 2. The second-order valence-corrected chi connectivity index (χ2v) is 3.93. The lowest BCUT2D eigenvalue weighted by atomic mass is 10.2. The zero-order valence-corrected chi connectivity index (χ0v) is 9.00. The van der Waals surface area contributed by atoms with Gasteiger partial charge in [-0.15, -0.1) is 0 Å². The van der Waals surface area contributed by atoms with Gasteiger partial charge in [0.2, 0.25) is 0 Å². The van der Waals surface area contributed by atoms with Crippen molar-refractivity contribution in [3.05, 3.63) is 24.4 Å². The molecule has 2 rings (SSSR count). The fraction of sp³-hybridized carbons (Fsp3) is 0.200. The molecular formula is C10H12N4S. The van der Waals surface area contributed by atoms with E-state index in [4.69, 9.17) is 23.7 Å². The lowest BCUT2D eigenvalue weighted by Gasteiger charge is -2.02. The normalized spacial score (nSPS) is 10.7. The molecule has 1 aromatic carbocycles. The number of aryl methyl sites for hydroxylation is 1. The van der Waals surface area contributed by atoms with Crippen LogP contribution in [-0.4, -0.2) is 14.8 Å². The first-order chi connectivity index (χ1) is 7.16. The molecule has 0 saturated heterocycles. The van der Waals surface area contributed by atoms with Gasteiger partial charge in [-0.25, -0.2) is 0 Å². The number of thiocarbonyl (C=S) groups is 1. The number of rotatable bonds is 3. The average Bonchev–Trinajstić information content (AvgIpc) is 2.57. The Kier molecular flexibility index (Phi) is 2.55. The second kappa shape index (κ2) is 3.86. The fourth-order valence-electron chi connectivity index (χ4n) is 1.48. The van der Waals surface area contributed by atoms with E-state index >= 15 is 0 Å². The summed E-state index contributed by atoms with van der Waals surface area (Å²) in [5.74, 6) is 0. The predicted octanol–water partition coefficient (Wildman–Crippen LogP) is 1.29. The van der Waals surface area contributed by atoms with Gasteiger partial charge >= 0.3 is 0 Å². The van der Waals surface area contributed by atoms with Crippen LogP contribution in [0.2, 0.25) is 0 Å². The Balaban J connectivity index is 2.35. The molecule has 0 spiro atoms. The first-order valence-electron chi connectivity index (χ1n) is 4.66. The summed E-state index contributed by atoms with van der Waals surface area (Å²) in [6, 6.07) is 5.72. The van der Waals surface area contributed by atoms with Gasteiger partial charge in [-0.05, 0) is 18.2 Å². The van der Waals surface area contributed by atoms with E-state index in [0.717, 1.165) is 16.6 Å². The topological polar surface area (TPSA) is 69.9 Å². The Bertz CT molecular complexity index is 503. The summed E-state index contributed by atoms with van der Waals surface area (Å²) in [6.45, 7) is 0.697. The molecule has 0 unspecified atom stereocenters. The Labute approximate surface area is 92.9 Å². The van der Waals surface area contributed by atoms with E-state index in [2.05, 4.69) is 5.10 Å². The Morgan fingerprint density at radius 2 is 2.27 bits per heavy atom. The maximum atomic E-state index is 5.72. The van der Waals surface area contributed by atoms with E-state index in [-0.39, 0.29) is 0 Å². The van der Waals surface area contributed by atoms with Crippen LogP contribution in [0, 0.1) is 0 Å². The number of benzene rings is 1. The van der Waals surface area contributed by atoms with Crippen LogP contribution in [0.5, 0.6) is 0 Å². The molecule has 0 bridgehead atoms. The van der Waals surface area contributed by atoms with Crippen LogP contribution in [0.25, 0.3) is 10.9 Å². The van der Waals surface area contributed by atoms with Crippen LogP contribution >= 0.6 is 12.2 Å². The van der Waals surface area contributed by atoms with Gasteiger partial charge in [0, 0.05) is 24.0 Å². The average molecular weight is 220 g/mol. The highest BCUT2D eigenvalue weighted by Gasteiger charge is 2.02. The highest BCUT2D eigenvalue weighted by Crippen LogP contribution is 2.17. The van der Waals surface area contributed by atoms with Crippen molar-refractivity contribution in [1.82, 2.24) is 9.78 Å². The third kappa shape index (κ3) is 2.07. The first kappa shape index (κ1) is 9.92. The fourth-order valence-corrected chi connectivity index (χ4v) is 1.57. The third-order valence-electron chi connectivity index (χ3n) is 2.24. The minimum Gasteiger partial charge on any atom is -0.399 e. The van der Waals surface area contributed by atoms with Gasteiger partial charge in [0.05, 0.1) is 16.7 Å². The molecule has 0 amide bonds. The number of nitrogens with two attached hydrogens (primary N) is 2. The molecule has 2 aromatic rings. The van der Waals surface area contributed by atoms with Crippen LogP contribution in [0.3, 0.4) is 0 Å². The summed E-state index contributed by atoms with van der Waals surface area (Å²) in [5, 5.41) is 5.33. The summed E-state index contributed by atoms with van der Waals surface area (Å²) in [5.41, 5.74) is 12.9. The zero-order chi connectivity index (χ0) is 10.8. The minimum atomic E-state index is 0.502. The number of nitrogens with zero attached hydrogens (tertiary/aromatic N) is 2. The van der Waals surface area contributed by atoms with E-state index < -0.39 is 0 Å². The van der Waals surface area contributed by atoms with Gasteiger partial charge in [-0.1, -0.05) is 12.2 Å². The molecule has 0 saturated carbocycles. The molecule has 0 aliphatic heterocycles. The van der Waals surface area contributed by atoms with Crippen LogP contribution in [0.1, 0.15) is 6.42 Å². The van der Waals surface area contributed by atoms with Gasteiger partial charge in [-0.3, -0.25) is 4.68 Å². The third-order valence-corrected chi connectivity index (χ3v) is 2.44. The van der Waals surface area contributed by atoms with E-state index in [1.54, 1.807) is 0 Å². The van der Waals surface area contributed by atoms with Crippen molar-refractivity contribution in [2.24, 2.45) is 5.73 Å². The smallest absolute Gasteiger partial charge is 0.0745 e. The van der Waals surface area contributed by atoms with Gasteiger partial charge in [-0.2, -0.15) is 5.10 Å². The summed E-state index contributed by atoms with van der Waals surface area (Å²) < 4.78 is 1.87. The molecule has 5 heteroatoms. The highest BCUT2D eigenvalue weighted by molar-refractivity contribution is 7.80. The summed E-state index contributed by atoms with van der Waals surface area (Å²) in [7, 11) is 0. The number of anilines is 1. The Morgan fingerprint density at radius 3 is 3.00 bits per heavy atom. The lowest BCUT2D eigenvalue weighted by Crippen LogP contribution is -2.12. The maximum Gasteiger partial charge on any atom is 0.0745 e. The summed E-state index contributed by atoms with van der Waals surface area (Å²) in [4.78, 5) is 0.502. The first-order valence-corrected chi connectivity index (χ1v) is 5.07. The number of fused-ring (bicyclic) bond motifs is 1. The molecule has 0 radical (unpaired) electrons. The summed E-state index contributed by atoms with van der Waals surface area (Å²) >= 11 is 4.83. The van der Waals surface area contributed by atoms with Crippen molar-refractivity contribution < 1.29 is 0 Å². The molecule has 4 nitrogen and oxygen atoms in total. The largest absolute Gasteiger partial charge is 0.399 e. The number of aromatic nitrogens is 2. The van der Waals surface area contributed by atoms with Crippen molar-refractivity contribution in [2.75, 3.05) is 5.73 Å². The highest BCUT2D eigenvalue weighted by atomic mass is 32.1. The number of nitrogen functional groups attached to an aromatic ring is 1. The van der Waals surface area contributed by atoms with E-state index in [1.807, 2.05) is 29.1 Å². The molecule has 78 valence electrons. The van der Waals surface area contributed by atoms with Crippen molar-refractivity contribution in [2.45, 2.75) is 13.0 Å². The van der Waals surface area contributed by atoms with E-state index in [9.17, 15) is 0 Å². The Hall–Kier alpha value is -1.62. The maximum absolute atomic E-state index is 5.72. The van der Waals surface area contributed by atoms with E-state index in [0.29, 0.717) is 18.0 Å². The zero-order valence-electron chi connectivity index (χ0n) is 8.18. The molecular weight excluding hydrogens is 208 g/mol. The SMILES string of the molecule is NC(=S)CCn1ncc2ccc(N)cc21. The van der Waals surface area contributed by atoms with Gasteiger partial charge in [0.25, 0.3) is 0 Å². The molecule has 1 aromatic heterocycles. The molecule has 15 heavy (non-hydrogen) atoms. The molecule has 0 aliphatic rings. The number of hydrogen-bond acceptors (Lipinski definition) is 3. The van der Waals surface area contributed by atoms with Crippen LogP contribution in [0.4, 0.5) is 5.69 Å². The minimum absolute atomic E-state index is 0.502. The van der Waals surface area contributed by atoms with Crippen LogP contribution in [-0.2, 0) is 6.54 Å². The van der Waals surface area contributed by atoms with Crippen molar-refractivity contribution in [3.63, 3.8) is 0 Å².